The van der Waals surface area contributed by atoms with Gasteiger partial charge in [0.15, 0.2) is 0 Å². The lowest BCUT2D eigenvalue weighted by Crippen LogP contribution is -2.48. The normalized spacial score (nSPS) is 18.9. The molecule has 1 fully saturated rings. The molecular formula is C27H27N3O4S2. The molecule has 0 saturated carbocycles. The minimum atomic E-state index is -3.66. The molecule has 2 heterocycles. The van der Waals surface area contributed by atoms with Gasteiger partial charge in [0.1, 0.15) is 5.01 Å². The summed E-state index contributed by atoms with van der Waals surface area (Å²) in [6.45, 7) is 6.40. The highest BCUT2D eigenvalue weighted by atomic mass is 32.2. The molecule has 1 aliphatic heterocycles. The molecule has 3 aromatic carbocycles. The number of hydrogen-bond donors (Lipinski definition) is 1. The summed E-state index contributed by atoms with van der Waals surface area (Å²) >= 11 is 1.64. The number of sulfonamides is 1. The number of anilines is 1. The summed E-state index contributed by atoms with van der Waals surface area (Å²) in [6, 6.07) is 19.8. The van der Waals surface area contributed by atoms with E-state index in [2.05, 4.69) is 24.4 Å². The third-order valence-electron chi connectivity index (χ3n) is 6.07. The zero-order valence-electron chi connectivity index (χ0n) is 20.3. The van der Waals surface area contributed by atoms with E-state index in [-0.39, 0.29) is 23.0 Å². The summed E-state index contributed by atoms with van der Waals surface area (Å²) in [5.74, 6) is -0.309. The Hall–Kier alpha value is -3.11. The summed E-state index contributed by atoms with van der Waals surface area (Å²) in [5.41, 5.74) is 4.18. The number of benzene rings is 3. The molecule has 1 aliphatic rings. The highest BCUT2D eigenvalue weighted by Gasteiger charge is 2.32. The molecule has 186 valence electrons. The number of thiazole rings is 1. The van der Waals surface area contributed by atoms with Gasteiger partial charge >= 0.3 is 0 Å². The number of carbonyl (C=O) groups is 1. The quantitative estimate of drug-likeness (QED) is 0.384. The third kappa shape index (κ3) is 5.05. The fourth-order valence-electron chi connectivity index (χ4n) is 4.31. The zero-order chi connectivity index (χ0) is 25.4. The first-order chi connectivity index (χ1) is 17.2. The number of carbonyl (C=O) groups excluding carboxylic acids is 1. The molecule has 1 N–H and O–H groups in total. The van der Waals surface area contributed by atoms with E-state index in [0.29, 0.717) is 24.3 Å². The van der Waals surface area contributed by atoms with Crippen LogP contribution in [-0.4, -0.2) is 48.9 Å². The number of rotatable bonds is 5. The van der Waals surface area contributed by atoms with E-state index < -0.39 is 10.0 Å². The molecule has 0 aliphatic carbocycles. The first kappa shape index (κ1) is 24.6. The maximum atomic E-state index is 13.0. The topological polar surface area (TPSA) is 88.6 Å². The van der Waals surface area contributed by atoms with Gasteiger partial charge in [-0.05, 0) is 87.0 Å². The van der Waals surface area contributed by atoms with Crippen molar-refractivity contribution < 1.29 is 17.9 Å². The highest BCUT2D eigenvalue weighted by Crippen LogP contribution is 2.31. The van der Waals surface area contributed by atoms with Gasteiger partial charge in [0.05, 0.1) is 27.3 Å². The number of morpholine rings is 1. The second kappa shape index (κ2) is 9.74. The van der Waals surface area contributed by atoms with Gasteiger partial charge in [0, 0.05) is 29.9 Å². The van der Waals surface area contributed by atoms with Crippen LogP contribution < -0.4 is 5.32 Å². The fraction of sp³-hybridized carbons (Fsp3) is 0.259. The van der Waals surface area contributed by atoms with Crippen LogP contribution in [0.25, 0.3) is 20.8 Å². The Kier molecular flexibility index (Phi) is 6.65. The maximum Gasteiger partial charge on any atom is 0.255 e. The SMILES string of the molecule is Cc1ccc2nc(-c3ccc(NC(=O)c4ccc(S(=O)(=O)N5CC(C)OC(C)C5)cc4)cc3)sc2c1. The van der Waals surface area contributed by atoms with Crippen molar-refractivity contribution in [3.8, 4) is 10.6 Å². The summed E-state index contributed by atoms with van der Waals surface area (Å²) in [5, 5.41) is 3.80. The predicted molar refractivity (Wildman–Crippen MR) is 143 cm³/mol. The summed E-state index contributed by atoms with van der Waals surface area (Å²) in [4.78, 5) is 17.6. The molecule has 9 heteroatoms. The van der Waals surface area contributed by atoms with E-state index in [1.807, 2.05) is 44.2 Å². The monoisotopic (exact) mass is 521 g/mol. The molecule has 36 heavy (non-hydrogen) atoms. The second-order valence-corrected chi connectivity index (χ2v) is 12.1. The van der Waals surface area contributed by atoms with Crippen molar-refractivity contribution in [1.82, 2.24) is 9.29 Å². The van der Waals surface area contributed by atoms with E-state index in [9.17, 15) is 13.2 Å². The number of fused-ring (bicyclic) bond motifs is 1. The van der Waals surface area contributed by atoms with Gasteiger partial charge in [-0.25, -0.2) is 13.4 Å². The summed E-state index contributed by atoms with van der Waals surface area (Å²) < 4.78 is 34.3. The number of aromatic nitrogens is 1. The van der Waals surface area contributed by atoms with E-state index in [1.165, 1.54) is 34.1 Å². The Labute approximate surface area is 214 Å². The van der Waals surface area contributed by atoms with Crippen LogP contribution in [0.1, 0.15) is 29.8 Å². The van der Waals surface area contributed by atoms with Gasteiger partial charge in [-0.15, -0.1) is 11.3 Å². The molecule has 0 radical (unpaired) electrons. The summed E-state index contributed by atoms with van der Waals surface area (Å²) in [7, 11) is -3.66. The fourth-order valence-corrected chi connectivity index (χ4v) is 6.97. The van der Waals surface area contributed by atoms with E-state index in [0.717, 1.165) is 20.8 Å². The smallest absolute Gasteiger partial charge is 0.255 e. The van der Waals surface area contributed by atoms with Crippen LogP contribution in [0.2, 0.25) is 0 Å². The van der Waals surface area contributed by atoms with E-state index in [4.69, 9.17) is 9.72 Å². The maximum absolute atomic E-state index is 13.0. The molecule has 0 bridgehead atoms. The van der Waals surface area contributed by atoms with E-state index in [1.54, 1.807) is 11.3 Å². The van der Waals surface area contributed by atoms with E-state index >= 15 is 0 Å². The zero-order valence-corrected chi connectivity index (χ0v) is 21.9. The van der Waals surface area contributed by atoms with Gasteiger partial charge in [-0.1, -0.05) is 6.07 Å². The lowest BCUT2D eigenvalue weighted by atomic mass is 10.2. The number of aryl methyl sites for hydroxylation is 1. The van der Waals surface area contributed by atoms with Crippen LogP contribution in [0.4, 0.5) is 5.69 Å². The van der Waals surface area contributed by atoms with Crippen LogP contribution >= 0.6 is 11.3 Å². The first-order valence-electron chi connectivity index (χ1n) is 11.7. The van der Waals surface area contributed by atoms with Gasteiger partial charge in [0.25, 0.3) is 5.91 Å². The van der Waals surface area contributed by atoms with Gasteiger partial charge in [0.2, 0.25) is 10.0 Å². The average Bonchev–Trinajstić information content (AvgIpc) is 3.27. The van der Waals surface area contributed by atoms with Crippen molar-refractivity contribution in [2.75, 3.05) is 18.4 Å². The van der Waals surface area contributed by atoms with Crippen molar-refractivity contribution >= 4 is 43.2 Å². The van der Waals surface area contributed by atoms with Crippen LogP contribution in [0.3, 0.4) is 0 Å². The van der Waals surface area contributed by atoms with Crippen molar-refractivity contribution in [2.24, 2.45) is 0 Å². The Balaban J connectivity index is 1.27. The third-order valence-corrected chi connectivity index (χ3v) is 8.99. The van der Waals surface area contributed by atoms with Gasteiger partial charge < -0.3 is 10.1 Å². The molecule has 7 nitrogen and oxygen atoms in total. The number of nitrogens with zero attached hydrogens (tertiary/aromatic N) is 2. The lowest BCUT2D eigenvalue weighted by Gasteiger charge is -2.34. The Morgan fingerprint density at radius 1 is 1.00 bits per heavy atom. The molecule has 1 amide bonds. The molecule has 5 rings (SSSR count). The highest BCUT2D eigenvalue weighted by molar-refractivity contribution is 7.89. The standard InChI is InChI=1S/C27H27N3O4S2/c1-17-4-13-24-25(14-17)35-27(29-24)21-5-9-22(10-6-21)28-26(31)20-7-11-23(12-8-20)36(32,33)30-15-18(2)34-19(3)16-30/h4-14,18-19H,15-16H2,1-3H3,(H,28,31). The van der Waals surface area contributed by atoms with Crippen molar-refractivity contribution in [2.45, 2.75) is 37.9 Å². The predicted octanol–water partition coefficient (Wildman–Crippen LogP) is 5.32. The minimum absolute atomic E-state index is 0.163. The number of ether oxygens (including phenoxy) is 1. The molecular weight excluding hydrogens is 494 g/mol. The molecule has 1 aromatic heterocycles. The first-order valence-corrected chi connectivity index (χ1v) is 14.0. The van der Waals surface area contributed by atoms with Gasteiger partial charge in [-0.3, -0.25) is 4.79 Å². The molecule has 1 saturated heterocycles. The average molecular weight is 522 g/mol. The summed E-state index contributed by atoms with van der Waals surface area (Å²) in [6.07, 6.45) is -0.336. The lowest BCUT2D eigenvalue weighted by molar-refractivity contribution is -0.0440. The van der Waals surface area contributed by atoms with Crippen LogP contribution in [0, 0.1) is 6.92 Å². The minimum Gasteiger partial charge on any atom is -0.373 e. The number of nitrogens with one attached hydrogen (secondary N) is 1. The number of hydrogen-bond acceptors (Lipinski definition) is 6. The Bertz CT molecular complexity index is 1500. The van der Waals surface area contributed by atoms with Crippen LogP contribution in [-0.2, 0) is 14.8 Å². The van der Waals surface area contributed by atoms with Gasteiger partial charge in [-0.2, -0.15) is 4.31 Å². The molecule has 4 aromatic rings. The molecule has 2 atom stereocenters. The largest absolute Gasteiger partial charge is 0.373 e. The van der Waals surface area contributed by atoms with Crippen LogP contribution in [0.5, 0.6) is 0 Å². The van der Waals surface area contributed by atoms with Crippen molar-refractivity contribution in [1.29, 1.82) is 0 Å². The second-order valence-electron chi connectivity index (χ2n) is 9.13. The number of amides is 1. The van der Waals surface area contributed by atoms with Crippen molar-refractivity contribution in [3.63, 3.8) is 0 Å². The van der Waals surface area contributed by atoms with Crippen molar-refractivity contribution in [3.05, 3.63) is 77.9 Å². The molecule has 0 spiro atoms. The van der Waals surface area contributed by atoms with Crippen LogP contribution in [0.15, 0.2) is 71.6 Å². The Morgan fingerprint density at radius 2 is 1.67 bits per heavy atom. The molecule has 2 unspecified atom stereocenters. The Morgan fingerprint density at radius 3 is 2.33 bits per heavy atom.